The number of aryl methyl sites for hydroxylation is 3. The Hall–Kier alpha value is -2.66. The number of thiophene rings is 1. The van der Waals surface area contributed by atoms with E-state index in [4.69, 9.17) is 0 Å². The highest BCUT2D eigenvalue weighted by atomic mass is 32.1. The van der Waals surface area contributed by atoms with Crippen LogP contribution in [-0.2, 0) is 19.9 Å². The van der Waals surface area contributed by atoms with Crippen molar-refractivity contribution < 1.29 is 9.59 Å². The predicted octanol–water partition coefficient (Wildman–Crippen LogP) is 4.69. The summed E-state index contributed by atoms with van der Waals surface area (Å²) in [7, 11) is 1.79. The summed E-state index contributed by atoms with van der Waals surface area (Å²) in [5.74, 6) is -0.217. The molecule has 0 unspecified atom stereocenters. The number of nitrogens with zero attached hydrogens (tertiary/aromatic N) is 1. The summed E-state index contributed by atoms with van der Waals surface area (Å²) in [6.07, 6.45) is 6.43. The lowest BCUT2D eigenvalue weighted by molar-refractivity contribution is 0.0935. The zero-order valence-corrected chi connectivity index (χ0v) is 17.0. The molecule has 1 aromatic carbocycles. The number of fused-ring (bicyclic) bond motifs is 1. The Morgan fingerprint density at radius 3 is 2.57 bits per heavy atom. The highest BCUT2D eigenvalue weighted by Gasteiger charge is 2.22. The molecule has 1 aliphatic rings. The van der Waals surface area contributed by atoms with Crippen molar-refractivity contribution in [3.8, 4) is 0 Å². The van der Waals surface area contributed by atoms with Gasteiger partial charge in [0.1, 0.15) is 5.69 Å². The average Bonchev–Trinajstić information content (AvgIpc) is 3.35. The lowest BCUT2D eigenvalue weighted by atomic mass is 9.89. The summed E-state index contributed by atoms with van der Waals surface area (Å²) in [6.45, 7) is 1.51. The van der Waals surface area contributed by atoms with E-state index in [1.807, 2.05) is 11.4 Å². The molecular formula is C23H24N2O2S. The van der Waals surface area contributed by atoms with Crippen molar-refractivity contribution >= 4 is 23.0 Å². The number of Topliss-reactive ketones (excluding diaryl/α,β-unsaturated/α-hetero) is 1. The van der Waals surface area contributed by atoms with Crippen LogP contribution in [0.5, 0.6) is 0 Å². The molecule has 0 saturated heterocycles. The summed E-state index contributed by atoms with van der Waals surface area (Å²) < 4.78 is 1.71. The van der Waals surface area contributed by atoms with Gasteiger partial charge >= 0.3 is 0 Å². The molecule has 5 heteroatoms. The Labute approximate surface area is 169 Å². The van der Waals surface area contributed by atoms with Gasteiger partial charge in [0.2, 0.25) is 0 Å². The van der Waals surface area contributed by atoms with Crippen LogP contribution in [0.15, 0.2) is 48.0 Å². The number of ketones is 1. The third kappa shape index (κ3) is 3.67. The van der Waals surface area contributed by atoms with Crippen LogP contribution in [0, 0.1) is 0 Å². The number of carbonyl (C=O) groups is 2. The van der Waals surface area contributed by atoms with Gasteiger partial charge in [0, 0.05) is 23.7 Å². The van der Waals surface area contributed by atoms with Crippen LogP contribution in [-0.4, -0.2) is 16.3 Å². The summed E-state index contributed by atoms with van der Waals surface area (Å²) in [6, 6.07) is 12.1. The third-order valence-corrected chi connectivity index (χ3v) is 6.39. The second-order valence-corrected chi connectivity index (χ2v) is 8.42. The van der Waals surface area contributed by atoms with E-state index in [0.29, 0.717) is 11.3 Å². The molecule has 0 aliphatic heterocycles. The van der Waals surface area contributed by atoms with Crippen molar-refractivity contribution in [2.45, 2.75) is 38.6 Å². The predicted molar refractivity (Wildman–Crippen MR) is 112 cm³/mol. The van der Waals surface area contributed by atoms with Crippen LogP contribution in [0.4, 0.5) is 0 Å². The van der Waals surface area contributed by atoms with Gasteiger partial charge in [-0.3, -0.25) is 9.59 Å². The fourth-order valence-corrected chi connectivity index (χ4v) is 4.70. The first-order valence-corrected chi connectivity index (χ1v) is 10.5. The van der Waals surface area contributed by atoms with Crippen LogP contribution in [0.25, 0.3) is 0 Å². The molecule has 28 heavy (non-hydrogen) atoms. The average molecular weight is 393 g/mol. The Kier molecular flexibility index (Phi) is 5.18. The van der Waals surface area contributed by atoms with E-state index in [1.54, 1.807) is 35.2 Å². The van der Waals surface area contributed by atoms with Gasteiger partial charge in [0.05, 0.1) is 6.04 Å². The van der Waals surface area contributed by atoms with Crippen LogP contribution in [0.3, 0.4) is 0 Å². The van der Waals surface area contributed by atoms with Crippen molar-refractivity contribution in [1.29, 1.82) is 0 Å². The molecular weight excluding hydrogens is 368 g/mol. The Morgan fingerprint density at radius 1 is 1.11 bits per heavy atom. The molecule has 1 atom stereocenters. The van der Waals surface area contributed by atoms with E-state index < -0.39 is 0 Å². The van der Waals surface area contributed by atoms with E-state index in [9.17, 15) is 9.59 Å². The summed E-state index contributed by atoms with van der Waals surface area (Å²) in [5, 5.41) is 5.22. The molecule has 144 valence electrons. The molecule has 2 aromatic heterocycles. The second kappa shape index (κ2) is 7.76. The van der Waals surface area contributed by atoms with Crippen molar-refractivity contribution in [3.05, 3.63) is 80.8 Å². The minimum Gasteiger partial charge on any atom is -0.346 e. The first-order chi connectivity index (χ1) is 13.5. The Morgan fingerprint density at radius 2 is 1.89 bits per heavy atom. The first-order valence-electron chi connectivity index (χ1n) is 9.66. The first kappa shape index (κ1) is 18.7. The van der Waals surface area contributed by atoms with Gasteiger partial charge in [0.15, 0.2) is 5.78 Å². The zero-order chi connectivity index (χ0) is 19.7. The minimum absolute atomic E-state index is 0.0425. The number of benzene rings is 1. The SMILES string of the molecule is CC(=O)c1cc(C(=O)N[C@@H](c2ccc3c(c2)CCCC3)c2cccs2)n(C)c1. The van der Waals surface area contributed by atoms with E-state index in [-0.39, 0.29) is 17.7 Å². The topological polar surface area (TPSA) is 51.1 Å². The number of hydrogen-bond donors (Lipinski definition) is 1. The highest BCUT2D eigenvalue weighted by Crippen LogP contribution is 2.30. The fraction of sp³-hybridized carbons (Fsp3) is 0.304. The molecule has 1 aliphatic carbocycles. The van der Waals surface area contributed by atoms with Gasteiger partial charge in [-0.15, -0.1) is 11.3 Å². The molecule has 0 radical (unpaired) electrons. The van der Waals surface area contributed by atoms with Gasteiger partial charge in [-0.2, -0.15) is 0 Å². The summed E-state index contributed by atoms with van der Waals surface area (Å²) in [4.78, 5) is 25.8. The standard InChI is InChI=1S/C23H24N2O2S/c1-15(26)19-13-20(25(2)14-19)23(27)24-22(21-8-5-11-28-21)18-10-9-16-6-3-4-7-17(16)12-18/h5,8-14,22H,3-4,6-7H2,1-2H3,(H,24,27)/t22-/m0/s1. The normalized spacial score (nSPS) is 14.4. The van der Waals surface area contributed by atoms with E-state index >= 15 is 0 Å². The number of nitrogens with one attached hydrogen (secondary N) is 1. The third-order valence-electron chi connectivity index (χ3n) is 5.45. The molecule has 0 spiro atoms. The lowest BCUT2D eigenvalue weighted by Gasteiger charge is -2.22. The quantitative estimate of drug-likeness (QED) is 0.641. The number of amides is 1. The molecule has 4 nitrogen and oxygen atoms in total. The van der Waals surface area contributed by atoms with Crippen molar-refractivity contribution in [2.24, 2.45) is 7.05 Å². The zero-order valence-electron chi connectivity index (χ0n) is 16.2. The fourth-order valence-electron chi connectivity index (χ4n) is 3.90. The van der Waals surface area contributed by atoms with E-state index in [1.165, 1.54) is 30.9 Å². The van der Waals surface area contributed by atoms with E-state index in [2.05, 4.69) is 29.6 Å². The molecule has 0 saturated carbocycles. The monoisotopic (exact) mass is 392 g/mol. The van der Waals surface area contributed by atoms with Gasteiger partial charge in [-0.1, -0.05) is 24.3 Å². The van der Waals surface area contributed by atoms with Crippen molar-refractivity contribution in [3.63, 3.8) is 0 Å². The van der Waals surface area contributed by atoms with Gasteiger partial charge < -0.3 is 9.88 Å². The molecule has 0 fully saturated rings. The molecule has 3 aromatic rings. The summed E-state index contributed by atoms with van der Waals surface area (Å²) in [5.41, 5.74) is 4.98. The highest BCUT2D eigenvalue weighted by molar-refractivity contribution is 7.10. The molecule has 0 bridgehead atoms. The van der Waals surface area contributed by atoms with Gasteiger partial charge in [-0.05, 0) is 66.8 Å². The molecule has 2 heterocycles. The van der Waals surface area contributed by atoms with Crippen LogP contribution in [0.1, 0.15) is 68.2 Å². The van der Waals surface area contributed by atoms with Crippen LogP contribution in [0.2, 0.25) is 0 Å². The number of hydrogen-bond acceptors (Lipinski definition) is 3. The smallest absolute Gasteiger partial charge is 0.268 e. The summed E-state index contributed by atoms with van der Waals surface area (Å²) >= 11 is 1.64. The van der Waals surface area contributed by atoms with Gasteiger partial charge in [0.25, 0.3) is 5.91 Å². The Bertz CT molecular complexity index is 1020. The van der Waals surface area contributed by atoms with Crippen molar-refractivity contribution in [1.82, 2.24) is 9.88 Å². The maximum atomic E-state index is 13.0. The number of carbonyl (C=O) groups excluding carboxylic acids is 2. The maximum absolute atomic E-state index is 13.0. The largest absolute Gasteiger partial charge is 0.346 e. The number of rotatable bonds is 5. The lowest BCUT2D eigenvalue weighted by Crippen LogP contribution is -2.30. The van der Waals surface area contributed by atoms with Crippen LogP contribution < -0.4 is 5.32 Å². The second-order valence-electron chi connectivity index (χ2n) is 7.44. The Balaban J connectivity index is 1.66. The number of aromatic nitrogens is 1. The van der Waals surface area contributed by atoms with E-state index in [0.717, 1.165) is 23.3 Å². The minimum atomic E-state index is -0.199. The molecule has 1 N–H and O–H groups in total. The molecule has 4 rings (SSSR count). The maximum Gasteiger partial charge on any atom is 0.268 e. The van der Waals surface area contributed by atoms with Gasteiger partial charge in [-0.25, -0.2) is 0 Å². The van der Waals surface area contributed by atoms with Crippen LogP contribution >= 0.6 is 11.3 Å². The van der Waals surface area contributed by atoms with Crippen molar-refractivity contribution in [2.75, 3.05) is 0 Å². The molecule has 1 amide bonds.